The lowest BCUT2D eigenvalue weighted by molar-refractivity contribution is 0.782. The van der Waals surface area contributed by atoms with Crippen molar-refractivity contribution in [1.82, 2.24) is 9.78 Å². The number of rotatable bonds is 2. The number of halogens is 1. The number of fused-ring (bicyclic) bond motifs is 1. The highest BCUT2D eigenvalue weighted by Crippen LogP contribution is 2.27. The van der Waals surface area contributed by atoms with Gasteiger partial charge in [-0.25, -0.2) is 0 Å². The summed E-state index contributed by atoms with van der Waals surface area (Å²) in [5.74, 6) is 0. The molecule has 0 saturated heterocycles. The molecule has 0 aliphatic heterocycles. The van der Waals surface area contributed by atoms with E-state index < -0.39 is 0 Å². The summed E-state index contributed by atoms with van der Waals surface area (Å²) < 4.78 is 2.99. The highest BCUT2D eigenvalue weighted by molar-refractivity contribution is 9.10. The molecule has 3 nitrogen and oxygen atoms in total. The molecule has 2 aromatic rings. The number of hydrogen-bond donors (Lipinski definition) is 1. The quantitative estimate of drug-likeness (QED) is 0.906. The van der Waals surface area contributed by atoms with Crippen molar-refractivity contribution in [3.63, 3.8) is 0 Å². The molecule has 80 valence electrons. The van der Waals surface area contributed by atoms with Crippen LogP contribution in [0.1, 0.15) is 11.3 Å². The molecular formula is C11H14BrN3. The first-order valence-electron chi connectivity index (χ1n) is 4.95. The first kappa shape index (κ1) is 10.6. The average Bonchev–Trinajstić information content (AvgIpc) is 2.43. The Balaban J connectivity index is 2.70. The molecule has 0 radical (unpaired) electrons. The molecule has 15 heavy (non-hydrogen) atoms. The molecule has 0 atom stereocenters. The third-order valence-electron chi connectivity index (χ3n) is 2.57. The van der Waals surface area contributed by atoms with Crippen LogP contribution in [-0.2, 0) is 13.5 Å². The molecule has 0 unspecified atom stereocenters. The van der Waals surface area contributed by atoms with Crippen molar-refractivity contribution >= 4 is 26.8 Å². The Morgan fingerprint density at radius 1 is 1.47 bits per heavy atom. The van der Waals surface area contributed by atoms with E-state index in [-0.39, 0.29) is 0 Å². The van der Waals surface area contributed by atoms with Gasteiger partial charge < -0.3 is 5.73 Å². The minimum absolute atomic E-state index is 0.678. The molecule has 1 heterocycles. The van der Waals surface area contributed by atoms with Gasteiger partial charge in [0.05, 0.1) is 11.2 Å². The summed E-state index contributed by atoms with van der Waals surface area (Å²) in [5.41, 5.74) is 9.03. The molecule has 1 aromatic heterocycles. The van der Waals surface area contributed by atoms with Crippen LogP contribution in [-0.4, -0.2) is 16.3 Å². The second kappa shape index (κ2) is 3.94. The molecule has 0 fully saturated rings. The summed E-state index contributed by atoms with van der Waals surface area (Å²) in [4.78, 5) is 0. The molecule has 2 rings (SSSR count). The Morgan fingerprint density at radius 3 is 2.87 bits per heavy atom. The number of aromatic nitrogens is 2. The Hall–Kier alpha value is -0.870. The maximum absolute atomic E-state index is 5.56. The number of nitrogens with zero attached hydrogens (tertiary/aromatic N) is 2. The monoisotopic (exact) mass is 267 g/mol. The van der Waals surface area contributed by atoms with Crippen LogP contribution in [0.25, 0.3) is 10.9 Å². The van der Waals surface area contributed by atoms with Gasteiger partial charge >= 0.3 is 0 Å². The molecule has 0 aliphatic rings. The van der Waals surface area contributed by atoms with E-state index in [0.717, 1.165) is 22.1 Å². The number of hydrogen-bond acceptors (Lipinski definition) is 2. The second-order valence-corrected chi connectivity index (χ2v) is 4.58. The van der Waals surface area contributed by atoms with Crippen molar-refractivity contribution < 1.29 is 0 Å². The third kappa shape index (κ3) is 1.79. The topological polar surface area (TPSA) is 43.8 Å². The first-order chi connectivity index (χ1) is 7.13. The molecule has 0 amide bonds. The van der Waals surface area contributed by atoms with E-state index in [0.29, 0.717) is 6.54 Å². The van der Waals surface area contributed by atoms with Gasteiger partial charge in [0.15, 0.2) is 0 Å². The van der Waals surface area contributed by atoms with E-state index in [9.17, 15) is 0 Å². The van der Waals surface area contributed by atoms with Gasteiger partial charge in [0.2, 0.25) is 0 Å². The van der Waals surface area contributed by atoms with Crippen molar-refractivity contribution in [1.29, 1.82) is 0 Å². The van der Waals surface area contributed by atoms with E-state index in [2.05, 4.69) is 33.2 Å². The van der Waals surface area contributed by atoms with E-state index in [1.807, 2.05) is 18.7 Å². The molecule has 0 spiro atoms. The van der Waals surface area contributed by atoms with Crippen LogP contribution in [0, 0.1) is 6.92 Å². The SMILES string of the molecule is Cc1nn(C)c2c(Br)cc(CCN)cc12. The highest BCUT2D eigenvalue weighted by Gasteiger charge is 2.09. The Bertz CT molecular complexity index is 502. The lowest BCUT2D eigenvalue weighted by Gasteiger charge is -2.03. The number of benzene rings is 1. The molecule has 0 bridgehead atoms. The van der Waals surface area contributed by atoms with E-state index in [4.69, 9.17) is 5.73 Å². The van der Waals surface area contributed by atoms with Crippen molar-refractivity contribution in [3.8, 4) is 0 Å². The zero-order valence-corrected chi connectivity index (χ0v) is 10.5. The van der Waals surface area contributed by atoms with Crippen molar-refractivity contribution in [2.75, 3.05) is 6.54 Å². The summed E-state index contributed by atoms with van der Waals surface area (Å²) in [7, 11) is 1.96. The number of nitrogens with two attached hydrogens (primary N) is 1. The average molecular weight is 268 g/mol. The first-order valence-corrected chi connectivity index (χ1v) is 5.74. The maximum Gasteiger partial charge on any atom is 0.0824 e. The van der Waals surface area contributed by atoms with Gasteiger partial charge in [0, 0.05) is 16.9 Å². The van der Waals surface area contributed by atoms with Crippen LogP contribution < -0.4 is 5.73 Å². The predicted molar refractivity (Wildman–Crippen MR) is 65.9 cm³/mol. The van der Waals surface area contributed by atoms with E-state index in [1.54, 1.807) is 0 Å². The summed E-state index contributed by atoms with van der Waals surface area (Å²) in [5, 5.41) is 5.61. The largest absolute Gasteiger partial charge is 0.330 e. The Morgan fingerprint density at radius 2 is 2.20 bits per heavy atom. The van der Waals surface area contributed by atoms with Crippen molar-refractivity contribution in [2.45, 2.75) is 13.3 Å². The van der Waals surface area contributed by atoms with Crippen LogP contribution in [0.5, 0.6) is 0 Å². The van der Waals surface area contributed by atoms with Gasteiger partial charge in [0.1, 0.15) is 0 Å². The van der Waals surface area contributed by atoms with Gasteiger partial charge in [-0.15, -0.1) is 0 Å². The normalized spacial score (nSPS) is 11.2. The third-order valence-corrected chi connectivity index (χ3v) is 3.17. The second-order valence-electron chi connectivity index (χ2n) is 3.72. The van der Waals surface area contributed by atoms with Crippen LogP contribution in [0.15, 0.2) is 16.6 Å². The lowest BCUT2D eigenvalue weighted by atomic mass is 10.1. The van der Waals surface area contributed by atoms with E-state index >= 15 is 0 Å². The van der Waals surface area contributed by atoms with E-state index in [1.165, 1.54) is 10.9 Å². The fraction of sp³-hybridized carbons (Fsp3) is 0.364. The number of aryl methyl sites for hydroxylation is 2. The molecule has 4 heteroatoms. The maximum atomic E-state index is 5.56. The van der Waals surface area contributed by atoms with Crippen molar-refractivity contribution in [3.05, 3.63) is 27.9 Å². The van der Waals surface area contributed by atoms with Crippen LogP contribution >= 0.6 is 15.9 Å². The molecule has 2 N–H and O–H groups in total. The minimum Gasteiger partial charge on any atom is -0.330 e. The van der Waals surface area contributed by atoms with Gasteiger partial charge in [-0.3, -0.25) is 4.68 Å². The summed E-state index contributed by atoms with van der Waals surface area (Å²) in [6, 6.07) is 4.30. The zero-order valence-electron chi connectivity index (χ0n) is 8.92. The predicted octanol–water partition coefficient (Wildman–Crippen LogP) is 2.15. The van der Waals surface area contributed by atoms with Gasteiger partial charge in [-0.1, -0.05) is 0 Å². The molecule has 0 aliphatic carbocycles. The standard InChI is InChI=1S/C11H14BrN3/c1-7-9-5-8(3-4-13)6-10(12)11(9)15(2)14-7/h5-6H,3-4,13H2,1-2H3. The summed E-state index contributed by atoms with van der Waals surface area (Å²) in [6.45, 7) is 2.71. The Labute approximate surface area is 97.4 Å². The zero-order chi connectivity index (χ0) is 11.0. The lowest BCUT2D eigenvalue weighted by Crippen LogP contribution is -2.02. The fourth-order valence-electron chi connectivity index (χ4n) is 1.90. The Kier molecular flexibility index (Phi) is 2.80. The summed E-state index contributed by atoms with van der Waals surface area (Å²) in [6.07, 6.45) is 0.906. The smallest absolute Gasteiger partial charge is 0.0824 e. The fourth-order valence-corrected chi connectivity index (χ4v) is 2.66. The highest BCUT2D eigenvalue weighted by atomic mass is 79.9. The molecule has 0 saturated carbocycles. The molecular weight excluding hydrogens is 254 g/mol. The summed E-state index contributed by atoms with van der Waals surface area (Å²) >= 11 is 3.58. The van der Waals surface area contributed by atoms with Crippen LogP contribution in [0.3, 0.4) is 0 Å². The van der Waals surface area contributed by atoms with Crippen LogP contribution in [0.4, 0.5) is 0 Å². The van der Waals surface area contributed by atoms with Gasteiger partial charge in [-0.2, -0.15) is 5.10 Å². The van der Waals surface area contributed by atoms with Gasteiger partial charge in [-0.05, 0) is 53.5 Å². The van der Waals surface area contributed by atoms with Crippen molar-refractivity contribution in [2.24, 2.45) is 12.8 Å². The molecule has 1 aromatic carbocycles. The van der Waals surface area contributed by atoms with Gasteiger partial charge in [0.25, 0.3) is 0 Å². The van der Waals surface area contributed by atoms with Crippen LogP contribution in [0.2, 0.25) is 0 Å². The minimum atomic E-state index is 0.678.